The number of rotatable bonds is 3. The van der Waals surface area contributed by atoms with Crippen LogP contribution in [0.25, 0.3) is 0 Å². The van der Waals surface area contributed by atoms with Crippen LogP contribution in [-0.4, -0.2) is 37.9 Å². The molecule has 0 bridgehead atoms. The minimum Gasteiger partial charge on any atom is -0.504 e. The van der Waals surface area contributed by atoms with Gasteiger partial charge >= 0.3 is 0 Å². The monoisotopic (exact) mass is 355 g/mol. The summed E-state index contributed by atoms with van der Waals surface area (Å²) in [6.07, 6.45) is 0.941. The summed E-state index contributed by atoms with van der Waals surface area (Å²) in [4.78, 5) is 2.48. The molecule has 2 aliphatic rings. The Balaban J connectivity index is 1.82. The van der Waals surface area contributed by atoms with Crippen molar-refractivity contribution >= 4 is 0 Å². The zero-order chi connectivity index (χ0) is 18.4. The second-order valence-corrected chi connectivity index (χ2v) is 7.05. The van der Waals surface area contributed by atoms with Crippen molar-refractivity contribution in [1.82, 2.24) is 4.90 Å². The zero-order valence-corrected chi connectivity index (χ0v) is 15.7. The van der Waals surface area contributed by atoms with E-state index in [9.17, 15) is 5.11 Å². The molecule has 2 aliphatic heterocycles. The maximum absolute atomic E-state index is 10.3. The molecule has 0 saturated heterocycles. The summed E-state index contributed by atoms with van der Waals surface area (Å²) in [7, 11) is 4.97. The first-order valence-corrected chi connectivity index (χ1v) is 8.96. The summed E-state index contributed by atoms with van der Waals surface area (Å²) in [6.45, 7) is 4.03. The Labute approximate surface area is 154 Å². The first-order chi connectivity index (χ1) is 12.6. The van der Waals surface area contributed by atoms with Crippen molar-refractivity contribution in [2.45, 2.75) is 31.8 Å². The van der Waals surface area contributed by atoms with Crippen LogP contribution in [0.1, 0.15) is 41.1 Å². The number of fused-ring (bicyclic) bond motifs is 4. The lowest BCUT2D eigenvalue weighted by atomic mass is 9.77. The summed E-state index contributed by atoms with van der Waals surface area (Å²) < 4.78 is 16.4. The topological polar surface area (TPSA) is 51.2 Å². The molecule has 0 unspecified atom stereocenters. The van der Waals surface area contributed by atoms with E-state index in [0.29, 0.717) is 5.75 Å². The van der Waals surface area contributed by atoms with E-state index in [1.54, 1.807) is 21.3 Å². The average Bonchev–Trinajstić information content (AvgIpc) is 2.66. The van der Waals surface area contributed by atoms with Crippen molar-refractivity contribution in [2.75, 3.05) is 27.9 Å². The average molecular weight is 355 g/mol. The highest BCUT2D eigenvalue weighted by Gasteiger charge is 2.39. The number of hydrogen-bond donors (Lipinski definition) is 1. The first kappa shape index (κ1) is 17.0. The van der Waals surface area contributed by atoms with Gasteiger partial charge in [0.2, 0.25) is 0 Å². The van der Waals surface area contributed by atoms with E-state index in [2.05, 4.69) is 17.9 Å². The van der Waals surface area contributed by atoms with Gasteiger partial charge in [0.25, 0.3) is 0 Å². The van der Waals surface area contributed by atoms with Gasteiger partial charge in [0.05, 0.1) is 21.3 Å². The Morgan fingerprint density at radius 2 is 1.77 bits per heavy atom. The molecule has 2 heterocycles. The van der Waals surface area contributed by atoms with E-state index in [0.717, 1.165) is 31.0 Å². The molecule has 26 heavy (non-hydrogen) atoms. The van der Waals surface area contributed by atoms with E-state index >= 15 is 0 Å². The second-order valence-electron chi connectivity index (χ2n) is 7.05. The number of methoxy groups -OCH3 is 3. The van der Waals surface area contributed by atoms with Crippen LogP contribution < -0.4 is 14.2 Å². The fourth-order valence-electron chi connectivity index (χ4n) is 4.61. The maximum atomic E-state index is 10.3. The predicted octanol–water partition coefficient (Wildman–Crippen LogP) is 3.63. The largest absolute Gasteiger partial charge is 0.504 e. The molecule has 5 nitrogen and oxygen atoms in total. The van der Waals surface area contributed by atoms with Crippen LogP contribution in [0.4, 0.5) is 0 Å². The van der Waals surface area contributed by atoms with Crippen molar-refractivity contribution in [3.05, 3.63) is 46.5 Å². The number of phenols is 1. The van der Waals surface area contributed by atoms with Gasteiger partial charge in [-0.05, 0) is 41.3 Å². The SMILES string of the molecule is COc1cc2c(cc1O)[C@H]1[C@H](C)c3ccc(OC)c(OC)c3CN1CC2. The smallest absolute Gasteiger partial charge is 0.165 e. The fraction of sp³-hybridized carbons (Fsp3) is 0.429. The Kier molecular flexibility index (Phi) is 4.19. The Morgan fingerprint density at radius 1 is 1.00 bits per heavy atom. The maximum Gasteiger partial charge on any atom is 0.165 e. The van der Waals surface area contributed by atoms with Gasteiger partial charge in [-0.15, -0.1) is 0 Å². The summed E-state index contributed by atoms with van der Waals surface area (Å²) in [6, 6.07) is 8.24. The second kappa shape index (κ2) is 6.40. The van der Waals surface area contributed by atoms with E-state index in [-0.39, 0.29) is 17.7 Å². The minimum absolute atomic E-state index is 0.207. The van der Waals surface area contributed by atoms with Gasteiger partial charge in [-0.2, -0.15) is 0 Å². The Bertz CT molecular complexity index is 848. The lowest BCUT2D eigenvalue weighted by molar-refractivity contribution is 0.136. The number of hydrogen-bond acceptors (Lipinski definition) is 5. The molecule has 1 N–H and O–H groups in total. The normalized spacial score (nSPS) is 21.4. The molecule has 0 radical (unpaired) electrons. The van der Waals surface area contributed by atoms with Crippen LogP contribution in [0, 0.1) is 0 Å². The third kappa shape index (κ3) is 2.42. The van der Waals surface area contributed by atoms with Crippen LogP contribution in [0.5, 0.6) is 23.0 Å². The third-order valence-electron chi connectivity index (χ3n) is 5.83. The quantitative estimate of drug-likeness (QED) is 0.911. The number of aromatic hydroxyl groups is 1. The van der Waals surface area contributed by atoms with Crippen molar-refractivity contribution in [2.24, 2.45) is 0 Å². The van der Waals surface area contributed by atoms with Crippen LogP contribution in [-0.2, 0) is 13.0 Å². The van der Waals surface area contributed by atoms with E-state index in [1.165, 1.54) is 22.3 Å². The molecule has 2 aromatic rings. The molecule has 4 rings (SSSR count). The van der Waals surface area contributed by atoms with Gasteiger partial charge < -0.3 is 19.3 Å². The minimum atomic E-state index is 0.207. The van der Waals surface area contributed by atoms with Gasteiger partial charge in [-0.3, -0.25) is 4.90 Å². The van der Waals surface area contributed by atoms with Crippen molar-refractivity contribution in [3.63, 3.8) is 0 Å². The molecule has 0 amide bonds. The summed E-state index contributed by atoms with van der Waals surface area (Å²) >= 11 is 0. The van der Waals surface area contributed by atoms with Gasteiger partial charge in [0, 0.05) is 30.6 Å². The van der Waals surface area contributed by atoms with E-state index < -0.39 is 0 Å². The molecule has 0 aromatic heterocycles. The standard InChI is InChI=1S/C21H25NO4/c1-12-14-5-6-18(24-2)21(26-4)16(14)11-22-8-7-13-9-19(25-3)17(23)10-15(13)20(12)22/h5-6,9-10,12,20,23H,7-8,11H2,1-4H3/t12-,20-/m1/s1. The van der Waals surface area contributed by atoms with Gasteiger partial charge in [0.15, 0.2) is 23.0 Å². The van der Waals surface area contributed by atoms with Crippen LogP contribution in [0.2, 0.25) is 0 Å². The summed E-state index contributed by atoms with van der Waals surface area (Å²) in [5, 5.41) is 10.3. The Hall–Kier alpha value is -2.40. The molecule has 0 aliphatic carbocycles. The zero-order valence-electron chi connectivity index (χ0n) is 15.7. The van der Waals surface area contributed by atoms with Crippen LogP contribution in [0.3, 0.4) is 0 Å². The number of phenolic OH excluding ortho intramolecular Hbond substituents is 1. The molecule has 5 heteroatoms. The molecule has 0 spiro atoms. The molecule has 138 valence electrons. The van der Waals surface area contributed by atoms with E-state index in [1.807, 2.05) is 18.2 Å². The lowest BCUT2D eigenvalue weighted by Crippen LogP contribution is -2.41. The predicted molar refractivity (Wildman–Crippen MR) is 99.5 cm³/mol. The van der Waals surface area contributed by atoms with Gasteiger partial charge in [-0.25, -0.2) is 0 Å². The van der Waals surface area contributed by atoms with E-state index in [4.69, 9.17) is 14.2 Å². The fourth-order valence-corrected chi connectivity index (χ4v) is 4.61. The molecule has 2 atom stereocenters. The summed E-state index contributed by atoms with van der Waals surface area (Å²) in [5.41, 5.74) is 4.95. The first-order valence-electron chi connectivity index (χ1n) is 8.96. The lowest BCUT2D eigenvalue weighted by Gasteiger charge is -2.45. The number of benzene rings is 2. The highest BCUT2D eigenvalue weighted by molar-refractivity contribution is 5.55. The highest BCUT2D eigenvalue weighted by Crippen LogP contribution is 2.50. The van der Waals surface area contributed by atoms with Gasteiger partial charge in [0.1, 0.15) is 0 Å². The third-order valence-corrected chi connectivity index (χ3v) is 5.83. The molecular weight excluding hydrogens is 330 g/mol. The summed E-state index contributed by atoms with van der Waals surface area (Å²) in [5.74, 6) is 2.65. The molecule has 0 saturated carbocycles. The van der Waals surface area contributed by atoms with Crippen molar-refractivity contribution < 1.29 is 19.3 Å². The van der Waals surface area contributed by atoms with Gasteiger partial charge in [-0.1, -0.05) is 13.0 Å². The van der Waals surface area contributed by atoms with Crippen molar-refractivity contribution in [1.29, 1.82) is 0 Å². The molecular formula is C21H25NO4. The number of ether oxygens (including phenoxy) is 3. The highest BCUT2D eigenvalue weighted by atomic mass is 16.5. The Morgan fingerprint density at radius 3 is 2.46 bits per heavy atom. The van der Waals surface area contributed by atoms with Crippen LogP contribution in [0.15, 0.2) is 24.3 Å². The molecule has 0 fully saturated rings. The number of nitrogens with zero attached hydrogens (tertiary/aromatic N) is 1. The van der Waals surface area contributed by atoms with Crippen LogP contribution >= 0.6 is 0 Å². The van der Waals surface area contributed by atoms with Crippen molar-refractivity contribution in [3.8, 4) is 23.0 Å². The molecule has 2 aromatic carbocycles.